The molecule has 1 rings (SSSR count). The van der Waals surface area contributed by atoms with Gasteiger partial charge in [0.1, 0.15) is 5.75 Å². The lowest BCUT2D eigenvalue weighted by molar-refractivity contribution is 0.0405. The highest BCUT2D eigenvalue weighted by Gasteiger charge is 2.22. The topological polar surface area (TPSA) is 32.7 Å². The SMILES string of the molecule is COc1ccc(C(C)(O)CCN(C)C)cc1. The zero-order valence-electron chi connectivity index (χ0n) is 10.5. The fraction of sp³-hybridized carbons (Fsp3) is 0.538. The molecule has 1 aromatic carbocycles. The lowest BCUT2D eigenvalue weighted by atomic mass is 9.92. The van der Waals surface area contributed by atoms with Crippen molar-refractivity contribution >= 4 is 0 Å². The third kappa shape index (κ3) is 3.51. The highest BCUT2D eigenvalue weighted by Crippen LogP contribution is 2.26. The lowest BCUT2D eigenvalue weighted by Gasteiger charge is -2.25. The Labute approximate surface area is 97.7 Å². The summed E-state index contributed by atoms with van der Waals surface area (Å²) in [4.78, 5) is 2.07. The predicted molar refractivity (Wildman–Crippen MR) is 65.7 cm³/mol. The summed E-state index contributed by atoms with van der Waals surface area (Å²) in [6, 6.07) is 7.57. The van der Waals surface area contributed by atoms with E-state index >= 15 is 0 Å². The van der Waals surface area contributed by atoms with E-state index < -0.39 is 5.60 Å². The summed E-state index contributed by atoms with van der Waals surface area (Å²) in [5, 5.41) is 10.3. The molecule has 16 heavy (non-hydrogen) atoms. The minimum absolute atomic E-state index is 0.715. The molecule has 1 N–H and O–H groups in total. The van der Waals surface area contributed by atoms with Crippen LogP contribution < -0.4 is 4.74 Å². The molecule has 1 atom stereocenters. The van der Waals surface area contributed by atoms with Crippen molar-refractivity contribution in [3.63, 3.8) is 0 Å². The van der Waals surface area contributed by atoms with Crippen LogP contribution in [0, 0.1) is 0 Å². The van der Waals surface area contributed by atoms with Gasteiger partial charge in [0.2, 0.25) is 0 Å². The molecule has 3 nitrogen and oxygen atoms in total. The van der Waals surface area contributed by atoms with E-state index in [9.17, 15) is 5.11 Å². The molecule has 0 amide bonds. The minimum atomic E-state index is -0.781. The lowest BCUT2D eigenvalue weighted by Crippen LogP contribution is -2.27. The maximum Gasteiger partial charge on any atom is 0.118 e. The summed E-state index contributed by atoms with van der Waals surface area (Å²) in [5.74, 6) is 0.812. The average molecular weight is 223 g/mol. The first-order valence-electron chi connectivity index (χ1n) is 5.47. The van der Waals surface area contributed by atoms with Crippen molar-refractivity contribution in [2.45, 2.75) is 18.9 Å². The second-order valence-corrected chi connectivity index (χ2v) is 4.56. The Morgan fingerprint density at radius 3 is 2.25 bits per heavy atom. The normalized spacial score (nSPS) is 14.9. The molecule has 0 aliphatic heterocycles. The van der Waals surface area contributed by atoms with Gasteiger partial charge in [-0.25, -0.2) is 0 Å². The van der Waals surface area contributed by atoms with Gasteiger partial charge >= 0.3 is 0 Å². The van der Waals surface area contributed by atoms with Crippen molar-refractivity contribution in [2.24, 2.45) is 0 Å². The number of nitrogens with zero attached hydrogens (tertiary/aromatic N) is 1. The molecule has 0 saturated heterocycles. The molecule has 3 heteroatoms. The van der Waals surface area contributed by atoms with Gasteiger partial charge in [-0.3, -0.25) is 0 Å². The average Bonchev–Trinajstić information content (AvgIpc) is 2.27. The molecule has 0 aliphatic carbocycles. The number of rotatable bonds is 5. The van der Waals surface area contributed by atoms with E-state index in [0.29, 0.717) is 6.42 Å². The van der Waals surface area contributed by atoms with Crippen molar-refractivity contribution < 1.29 is 9.84 Å². The van der Waals surface area contributed by atoms with Gasteiger partial charge in [0.05, 0.1) is 12.7 Å². The van der Waals surface area contributed by atoms with Gasteiger partial charge in [0.25, 0.3) is 0 Å². The van der Waals surface area contributed by atoms with E-state index in [1.54, 1.807) is 7.11 Å². The van der Waals surface area contributed by atoms with Crippen LogP contribution in [0.4, 0.5) is 0 Å². The van der Waals surface area contributed by atoms with Crippen LogP contribution in [0.3, 0.4) is 0 Å². The van der Waals surface area contributed by atoms with Gasteiger partial charge in [-0.1, -0.05) is 12.1 Å². The summed E-state index contributed by atoms with van der Waals surface area (Å²) in [5.41, 5.74) is 0.145. The first-order valence-corrected chi connectivity index (χ1v) is 5.47. The predicted octanol–water partition coefficient (Wildman–Crippen LogP) is 1.85. The Hall–Kier alpha value is -1.06. The summed E-state index contributed by atoms with van der Waals surface area (Å²) >= 11 is 0. The number of hydrogen-bond acceptors (Lipinski definition) is 3. The second-order valence-electron chi connectivity index (χ2n) is 4.56. The Kier molecular flexibility index (Phi) is 4.33. The van der Waals surface area contributed by atoms with Gasteiger partial charge in [0, 0.05) is 6.54 Å². The summed E-state index contributed by atoms with van der Waals surface area (Å²) in [6.07, 6.45) is 0.715. The zero-order valence-corrected chi connectivity index (χ0v) is 10.5. The summed E-state index contributed by atoms with van der Waals surface area (Å²) in [7, 11) is 5.65. The van der Waals surface area contributed by atoms with Crippen LogP contribution >= 0.6 is 0 Å². The first-order chi connectivity index (χ1) is 7.45. The van der Waals surface area contributed by atoms with Crippen LogP contribution in [-0.2, 0) is 5.60 Å². The largest absolute Gasteiger partial charge is 0.497 e. The standard InChI is InChI=1S/C13H21NO2/c1-13(15,9-10-14(2)3)11-5-7-12(16-4)8-6-11/h5-8,15H,9-10H2,1-4H3. The van der Waals surface area contributed by atoms with Gasteiger partial charge < -0.3 is 14.7 Å². The molecule has 0 spiro atoms. The third-order valence-electron chi connectivity index (χ3n) is 2.76. The Balaban J connectivity index is 2.72. The van der Waals surface area contributed by atoms with E-state index in [1.807, 2.05) is 45.3 Å². The minimum Gasteiger partial charge on any atom is -0.497 e. The van der Waals surface area contributed by atoms with Gasteiger partial charge in [-0.2, -0.15) is 0 Å². The Morgan fingerprint density at radius 1 is 1.25 bits per heavy atom. The second kappa shape index (κ2) is 5.32. The third-order valence-corrected chi connectivity index (χ3v) is 2.76. The number of methoxy groups -OCH3 is 1. The molecule has 0 radical (unpaired) electrons. The van der Waals surface area contributed by atoms with E-state index in [4.69, 9.17) is 4.74 Å². The van der Waals surface area contributed by atoms with Crippen molar-refractivity contribution in [1.29, 1.82) is 0 Å². The first kappa shape index (κ1) is 13.0. The fourth-order valence-electron chi connectivity index (χ4n) is 1.54. The van der Waals surface area contributed by atoms with Crippen LogP contribution in [0.15, 0.2) is 24.3 Å². The summed E-state index contributed by atoms with van der Waals surface area (Å²) in [6.45, 7) is 2.71. The molecule has 0 heterocycles. The molecule has 0 saturated carbocycles. The number of hydrogen-bond donors (Lipinski definition) is 1. The highest BCUT2D eigenvalue weighted by molar-refractivity contribution is 5.30. The maximum absolute atomic E-state index is 10.3. The summed E-state index contributed by atoms with van der Waals surface area (Å²) < 4.78 is 5.09. The van der Waals surface area contributed by atoms with Crippen molar-refractivity contribution in [2.75, 3.05) is 27.7 Å². The molecule has 0 fully saturated rings. The van der Waals surface area contributed by atoms with Crippen molar-refractivity contribution in [1.82, 2.24) is 4.90 Å². The molecule has 0 aliphatic rings. The molecule has 0 aromatic heterocycles. The van der Waals surface area contributed by atoms with E-state index in [-0.39, 0.29) is 0 Å². The highest BCUT2D eigenvalue weighted by atomic mass is 16.5. The number of ether oxygens (including phenoxy) is 1. The quantitative estimate of drug-likeness (QED) is 0.827. The molecule has 0 bridgehead atoms. The molecular formula is C13H21NO2. The van der Waals surface area contributed by atoms with Crippen LogP contribution in [-0.4, -0.2) is 37.8 Å². The molecular weight excluding hydrogens is 202 g/mol. The van der Waals surface area contributed by atoms with E-state index in [0.717, 1.165) is 17.9 Å². The van der Waals surface area contributed by atoms with E-state index in [2.05, 4.69) is 4.90 Å². The van der Waals surface area contributed by atoms with Crippen LogP contribution in [0.5, 0.6) is 5.75 Å². The molecule has 1 aromatic rings. The maximum atomic E-state index is 10.3. The Bertz CT molecular complexity index is 317. The van der Waals surface area contributed by atoms with Crippen molar-refractivity contribution in [3.8, 4) is 5.75 Å². The van der Waals surface area contributed by atoms with Crippen molar-refractivity contribution in [3.05, 3.63) is 29.8 Å². The fourth-order valence-corrected chi connectivity index (χ4v) is 1.54. The van der Waals surface area contributed by atoms with Crippen LogP contribution in [0.25, 0.3) is 0 Å². The monoisotopic (exact) mass is 223 g/mol. The molecule has 1 unspecified atom stereocenters. The van der Waals surface area contributed by atoms with Crippen LogP contribution in [0.2, 0.25) is 0 Å². The van der Waals surface area contributed by atoms with Gasteiger partial charge in [-0.15, -0.1) is 0 Å². The zero-order chi connectivity index (χ0) is 12.2. The van der Waals surface area contributed by atoms with E-state index in [1.165, 1.54) is 0 Å². The van der Waals surface area contributed by atoms with Gasteiger partial charge in [-0.05, 0) is 45.1 Å². The number of aliphatic hydroxyl groups is 1. The van der Waals surface area contributed by atoms with Crippen LogP contribution in [0.1, 0.15) is 18.9 Å². The molecule has 90 valence electrons. The Morgan fingerprint density at radius 2 is 1.81 bits per heavy atom. The smallest absolute Gasteiger partial charge is 0.118 e. The van der Waals surface area contributed by atoms with Gasteiger partial charge in [0.15, 0.2) is 0 Å². The number of benzene rings is 1.